The molecule has 10 nitrogen and oxygen atoms in total. The Bertz CT molecular complexity index is 1680. The predicted octanol–water partition coefficient (Wildman–Crippen LogP) is 4.79. The number of hydrogen-bond donors (Lipinski definition) is 2. The third-order valence-corrected chi connectivity index (χ3v) is 10.7. The SMILES string of the molecule is Cn1cc(C(=O)Nc2cc(F)c(CC(=O)CS(=O)(=O)N3CCC[C@H]3COC3CCC(C(=O)O)CC3)cc2Cl)c2ccccc21. The third kappa shape index (κ3) is 7.14. The maximum atomic E-state index is 15.1. The molecule has 2 fully saturated rings. The van der Waals surface area contributed by atoms with Crippen LogP contribution in [0.3, 0.4) is 0 Å². The van der Waals surface area contributed by atoms with Gasteiger partial charge in [0.05, 0.1) is 34.9 Å². The first-order valence-corrected chi connectivity index (χ1v) is 16.6. The number of halogens is 2. The number of carbonyl (C=O) groups excluding carboxylic acids is 2. The molecule has 2 heterocycles. The number of carbonyl (C=O) groups is 3. The molecule has 0 radical (unpaired) electrons. The molecule has 1 saturated carbocycles. The number of aryl methyl sites for hydroxylation is 1. The van der Waals surface area contributed by atoms with Crippen LogP contribution in [0.2, 0.25) is 5.02 Å². The lowest BCUT2D eigenvalue weighted by atomic mass is 9.87. The quantitative estimate of drug-likeness (QED) is 0.306. The Morgan fingerprint density at radius 1 is 1.11 bits per heavy atom. The van der Waals surface area contributed by atoms with Gasteiger partial charge in [0.1, 0.15) is 11.6 Å². The molecule has 1 aromatic heterocycles. The highest BCUT2D eigenvalue weighted by molar-refractivity contribution is 7.89. The minimum absolute atomic E-state index is 0.0137. The summed E-state index contributed by atoms with van der Waals surface area (Å²) in [5.41, 5.74) is 1.20. The number of nitrogens with zero attached hydrogens (tertiary/aromatic N) is 2. The molecule has 1 amide bonds. The van der Waals surface area contributed by atoms with Crippen LogP contribution in [0, 0.1) is 11.7 Å². The zero-order valence-electron chi connectivity index (χ0n) is 24.3. The van der Waals surface area contributed by atoms with Gasteiger partial charge in [0, 0.05) is 43.2 Å². The van der Waals surface area contributed by atoms with Gasteiger partial charge in [-0.25, -0.2) is 12.8 Å². The van der Waals surface area contributed by atoms with E-state index >= 15 is 4.39 Å². The van der Waals surface area contributed by atoms with Gasteiger partial charge in [0.25, 0.3) is 5.91 Å². The number of aromatic nitrogens is 1. The van der Waals surface area contributed by atoms with E-state index < -0.39 is 51.7 Å². The minimum Gasteiger partial charge on any atom is -0.481 e. The smallest absolute Gasteiger partial charge is 0.306 e. The summed E-state index contributed by atoms with van der Waals surface area (Å²) in [6.07, 6.45) is 4.55. The van der Waals surface area contributed by atoms with E-state index in [-0.39, 0.29) is 41.4 Å². The van der Waals surface area contributed by atoms with Gasteiger partial charge in [-0.05, 0) is 62.3 Å². The molecule has 3 aromatic rings. The summed E-state index contributed by atoms with van der Waals surface area (Å²) in [4.78, 5) is 37.0. The molecule has 1 aliphatic carbocycles. The number of nitrogens with one attached hydrogen (secondary N) is 1. The van der Waals surface area contributed by atoms with E-state index in [4.69, 9.17) is 16.3 Å². The lowest BCUT2D eigenvalue weighted by Gasteiger charge is -2.29. The van der Waals surface area contributed by atoms with Crippen LogP contribution >= 0.6 is 11.6 Å². The molecule has 2 N–H and O–H groups in total. The van der Waals surface area contributed by atoms with Crippen LogP contribution in [0.15, 0.2) is 42.6 Å². The van der Waals surface area contributed by atoms with Crippen LogP contribution in [0.4, 0.5) is 10.1 Å². The number of carboxylic acids is 1. The molecule has 1 aliphatic heterocycles. The van der Waals surface area contributed by atoms with E-state index in [2.05, 4.69) is 5.32 Å². The van der Waals surface area contributed by atoms with E-state index in [1.165, 1.54) is 10.4 Å². The average Bonchev–Trinajstić information content (AvgIpc) is 3.60. The van der Waals surface area contributed by atoms with E-state index in [0.717, 1.165) is 17.0 Å². The van der Waals surface area contributed by atoms with Gasteiger partial charge in [-0.2, -0.15) is 4.31 Å². The number of carboxylic acid groups (broad SMARTS) is 1. The fourth-order valence-electron chi connectivity index (χ4n) is 6.15. The van der Waals surface area contributed by atoms with E-state index in [1.54, 1.807) is 16.8 Å². The van der Waals surface area contributed by atoms with Gasteiger partial charge in [0.15, 0.2) is 5.78 Å². The first-order valence-electron chi connectivity index (χ1n) is 14.6. The van der Waals surface area contributed by atoms with Crippen molar-refractivity contribution in [3.8, 4) is 0 Å². The molecule has 0 spiro atoms. The number of fused-ring (bicyclic) bond motifs is 1. The number of rotatable bonds is 11. The Morgan fingerprint density at radius 3 is 2.57 bits per heavy atom. The number of ether oxygens (including phenoxy) is 1. The number of hydrogen-bond acceptors (Lipinski definition) is 6. The summed E-state index contributed by atoms with van der Waals surface area (Å²) in [5.74, 6) is -3.92. The van der Waals surface area contributed by atoms with Crippen molar-refractivity contribution in [3.05, 3.63) is 64.6 Å². The van der Waals surface area contributed by atoms with Crippen molar-refractivity contribution in [2.24, 2.45) is 13.0 Å². The Morgan fingerprint density at radius 2 is 1.84 bits per heavy atom. The van der Waals surface area contributed by atoms with Gasteiger partial charge in [0.2, 0.25) is 10.0 Å². The molecule has 2 aromatic carbocycles. The maximum Gasteiger partial charge on any atom is 0.306 e. The van der Waals surface area contributed by atoms with E-state index in [0.29, 0.717) is 44.1 Å². The monoisotopic (exact) mass is 647 g/mol. The summed E-state index contributed by atoms with van der Waals surface area (Å²) in [6.45, 7) is 0.437. The Balaban J connectivity index is 1.18. The summed E-state index contributed by atoms with van der Waals surface area (Å²) in [7, 11) is -2.17. The second kappa shape index (κ2) is 13.4. The number of amides is 1. The second-order valence-electron chi connectivity index (χ2n) is 11.6. The van der Waals surface area contributed by atoms with Gasteiger partial charge < -0.3 is 19.7 Å². The lowest BCUT2D eigenvalue weighted by molar-refractivity contribution is -0.143. The first-order chi connectivity index (χ1) is 20.9. The number of para-hydroxylation sites is 1. The minimum atomic E-state index is -3.98. The van der Waals surface area contributed by atoms with Gasteiger partial charge >= 0.3 is 5.97 Å². The molecule has 13 heteroatoms. The van der Waals surface area contributed by atoms with Crippen LogP contribution in [0.5, 0.6) is 0 Å². The molecule has 44 heavy (non-hydrogen) atoms. The van der Waals surface area contributed by atoms with Crippen molar-refractivity contribution < 1.29 is 37.0 Å². The average molecular weight is 648 g/mol. The number of benzene rings is 2. The number of aliphatic carboxylic acids is 1. The van der Waals surface area contributed by atoms with Crippen LogP contribution in [0.1, 0.15) is 54.4 Å². The molecule has 0 unspecified atom stereocenters. The topological polar surface area (TPSA) is 135 Å². The van der Waals surface area contributed by atoms with Crippen molar-refractivity contribution in [1.29, 1.82) is 0 Å². The summed E-state index contributed by atoms with van der Waals surface area (Å²) < 4.78 is 50.5. The fourth-order valence-corrected chi connectivity index (χ4v) is 8.08. The predicted molar refractivity (Wildman–Crippen MR) is 164 cm³/mol. The summed E-state index contributed by atoms with van der Waals surface area (Å²) in [6, 6.07) is 9.19. The second-order valence-corrected chi connectivity index (χ2v) is 13.9. The highest BCUT2D eigenvalue weighted by Crippen LogP contribution is 2.30. The first kappa shape index (κ1) is 32.1. The molecule has 2 aliphatic rings. The molecular weight excluding hydrogens is 613 g/mol. The maximum absolute atomic E-state index is 15.1. The largest absolute Gasteiger partial charge is 0.481 e. The van der Waals surface area contributed by atoms with Crippen molar-refractivity contribution in [2.75, 3.05) is 24.2 Å². The van der Waals surface area contributed by atoms with E-state index in [1.807, 2.05) is 25.2 Å². The summed E-state index contributed by atoms with van der Waals surface area (Å²) >= 11 is 6.35. The van der Waals surface area contributed by atoms with Gasteiger partial charge in [-0.3, -0.25) is 14.4 Å². The Hall–Kier alpha value is -3.32. The van der Waals surface area contributed by atoms with Crippen molar-refractivity contribution in [2.45, 2.75) is 57.1 Å². The van der Waals surface area contributed by atoms with Crippen LogP contribution < -0.4 is 5.32 Å². The Labute approximate surface area is 260 Å². The third-order valence-electron chi connectivity index (χ3n) is 8.49. The van der Waals surface area contributed by atoms with Crippen molar-refractivity contribution >= 4 is 55.9 Å². The van der Waals surface area contributed by atoms with E-state index in [9.17, 15) is 27.9 Å². The molecule has 236 valence electrons. The zero-order chi connectivity index (χ0) is 31.6. The van der Waals surface area contributed by atoms with Crippen molar-refractivity contribution in [1.82, 2.24) is 8.87 Å². The Kier molecular flexibility index (Phi) is 9.74. The number of ketones is 1. The molecule has 0 bridgehead atoms. The molecule has 1 atom stereocenters. The molecule has 5 rings (SSSR count). The highest BCUT2D eigenvalue weighted by atomic mass is 35.5. The number of anilines is 1. The van der Waals surface area contributed by atoms with Gasteiger partial charge in [-0.15, -0.1) is 0 Å². The molecular formula is C31H35ClFN3O7S. The van der Waals surface area contributed by atoms with Crippen molar-refractivity contribution in [3.63, 3.8) is 0 Å². The van der Waals surface area contributed by atoms with Crippen LogP contribution in [-0.4, -0.2) is 71.1 Å². The number of sulfonamides is 1. The highest BCUT2D eigenvalue weighted by Gasteiger charge is 2.36. The summed E-state index contributed by atoms with van der Waals surface area (Å²) in [5, 5.41) is 12.5. The van der Waals surface area contributed by atoms with Crippen LogP contribution in [0.25, 0.3) is 10.9 Å². The van der Waals surface area contributed by atoms with Crippen LogP contribution in [-0.2, 0) is 37.8 Å². The number of Topliss-reactive ketones (excluding diaryl/α,β-unsaturated/α-hetero) is 1. The fraction of sp³-hybridized carbons (Fsp3) is 0.452. The normalized spacial score (nSPS) is 21.0. The molecule has 1 saturated heterocycles. The zero-order valence-corrected chi connectivity index (χ0v) is 25.9. The van der Waals surface area contributed by atoms with Gasteiger partial charge in [-0.1, -0.05) is 29.8 Å². The standard InChI is InChI=1S/C31H35ClFN3O7S/c1-35-16-25(24-6-2-3-7-29(24)35)30(38)34-28-15-27(33)20(14-26(28)32)13-22(37)18-44(41,42)36-12-4-5-21(36)17-43-23-10-8-19(9-11-23)31(39)40/h2-3,6-7,14-16,19,21,23H,4-5,8-13,17-18H2,1H3,(H,34,38)(H,39,40)/t19?,21-,23?/m0/s1. The lowest BCUT2D eigenvalue weighted by Crippen LogP contribution is -2.42.